The third-order valence-corrected chi connectivity index (χ3v) is 3.03. The molecule has 5 nitrogen and oxygen atoms in total. The molecule has 21 heavy (non-hydrogen) atoms. The molecule has 0 radical (unpaired) electrons. The summed E-state index contributed by atoms with van der Waals surface area (Å²) in [6.45, 7) is 1.66. The lowest BCUT2D eigenvalue weighted by atomic mass is 10.2. The summed E-state index contributed by atoms with van der Waals surface area (Å²) in [5.74, 6) is -0.207. The van der Waals surface area contributed by atoms with Crippen molar-refractivity contribution in [1.29, 1.82) is 0 Å². The highest BCUT2D eigenvalue weighted by Crippen LogP contribution is 2.19. The molecule has 0 saturated heterocycles. The molecule has 0 aliphatic heterocycles. The summed E-state index contributed by atoms with van der Waals surface area (Å²) in [5.41, 5.74) is 1.70. The second kappa shape index (κ2) is 5.24. The second-order valence-electron chi connectivity index (χ2n) is 4.56. The van der Waals surface area contributed by atoms with Crippen molar-refractivity contribution in [2.45, 2.75) is 6.92 Å². The number of rotatable bonds is 3. The van der Waals surface area contributed by atoms with Crippen molar-refractivity contribution < 1.29 is 13.6 Å². The summed E-state index contributed by atoms with van der Waals surface area (Å²) >= 11 is 0. The van der Waals surface area contributed by atoms with Crippen LogP contribution in [0.4, 0.5) is 10.1 Å². The molecule has 2 heterocycles. The van der Waals surface area contributed by atoms with Gasteiger partial charge in [-0.25, -0.2) is 4.39 Å². The number of benzene rings is 1. The van der Waals surface area contributed by atoms with Crippen molar-refractivity contribution in [1.82, 2.24) is 10.2 Å². The first-order valence-corrected chi connectivity index (χ1v) is 6.30. The third-order valence-electron chi connectivity index (χ3n) is 3.03. The topological polar surface area (TPSA) is 70.9 Å². The van der Waals surface area contributed by atoms with E-state index in [0.29, 0.717) is 22.7 Å². The molecule has 6 heteroatoms. The van der Waals surface area contributed by atoms with Gasteiger partial charge >= 0.3 is 0 Å². The van der Waals surface area contributed by atoms with Gasteiger partial charge in [-0.3, -0.25) is 9.89 Å². The molecule has 0 spiro atoms. The molecular formula is C15H12FN3O2. The van der Waals surface area contributed by atoms with Crippen molar-refractivity contribution in [3.05, 3.63) is 59.7 Å². The largest absolute Gasteiger partial charge is 0.463 e. The summed E-state index contributed by atoms with van der Waals surface area (Å²) in [4.78, 5) is 12.0. The Kier molecular flexibility index (Phi) is 3.27. The standard InChI is InChI=1S/C15H12FN3O2/c1-9-4-5-10(7-11(9)16)17-15(20)13-8-12(18-19-13)14-3-2-6-21-14/h2-8H,1H3,(H,17,20)(H,18,19). The summed E-state index contributed by atoms with van der Waals surface area (Å²) in [6.07, 6.45) is 1.53. The van der Waals surface area contributed by atoms with Gasteiger partial charge in [0.15, 0.2) is 11.5 Å². The van der Waals surface area contributed by atoms with E-state index in [2.05, 4.69) is 15.5 Å². The van der Waals surface area contributed by atoms with E-state index in [1.54, 1.807) is 37.3 Å². The number of amides is 1. The lowest BCUT2D eigenvalue weighted by Gasteiger charge is -2.04. The van der Waals surface area contributed by atoms with Gasteiger partial charge in [0.25, 0.3) is 5.91 Å². The SMILES string of the molecule is Cc1ccc(NC(=O)c2cc(-c3ccco3)[nH]n2)cc1F. The molecule has 0 saturated carbocycles. The van der Waals surface area contributed by atoms with Crippen LogP contribution in [0.2, 0.25) is 0 Å². The van der Waals surface area contributed by atoms with Gasteiger partial charge in [-0.15, -0.1) is 0 Å². The highest BCUT2D eigenvalue weighted by molar-refractivity contribution is 6.03. The minimum absolute atomic E-state index is 0.197. The van der Waals surface area contributed by atoms with Gasteiger partial charge in [0, 0.05) is 11.8 Å². The van der Waals surface area contributed by atoms with Crippen molar-refractivity contribution in [3.63, 3.8) is 0 Å². The highest BCUT2D eigenvalue weighted by Gasteiger charge is 2.13. The minimum Gasteiger partial charge on any atom is -0.463 e. The summed E-state index contributed by atoms with van der Waals surface area (Å²) in [6, 6.07) is 9.57. The molecule has 106 valence electrons. The minimum atomic E-state index is -0.424. The van der Waals surface area contributed by atoms with E-state index in [9.17, 15) is 9.18 Å². The fourth-order valence-corrected chi connectivity index (χ4v) is 1.86. The average molecular weight is 285 g/mol. The molecule has 1 amide bonds. The summed E-state index contributed by atoms with van der Waals surface area (Å²) in [5, 5.41) is 9.23. The molecule has 2 N–H and O–H groups in total. The van der Waals surface area contributed by atoms with E-state index < -0.39 is 5.91 Å². The smallest absolute Gasteiger partial charge is 0.276 e. The molecule has 1 aromatic carbocycles. The van der Waals surface area contributed by atoms with Crippen LogP contribution in [0.5, 0.6) is 0 Å². The Morgan fingerprint density at radius 1 is 1.33 bits per heavy atom. The summed E-state index contributed by atoms with van der Waals surface area (Å²) in [7, 11) is 0. The van der Waals surface area contributed by atoms with Crippen LogP contribution >= 0.6 is 0 Å². The number of aryl methyl sites for hydroxylation is 1. The summed E-state index contributed by atoms with van der Waals surface area (Å²) < 4.78 is 18.6. The van der Waals surface area contributed by atoms with Crippen molar-refractivity contribution in [2.24, 2.45) is 0 Å². The van der Waals surface area contributed by atoms with Crippen LogP contribution in [0.25, 0.3) is 11.5 Å². The predicted octanol–water partition coefficient (Wildman–Crippen LogP) is 3.37. The maximum absolute atomic E-state index is 13.4. The Morgan fingerprint density at radius 3 is 2.90 bits per heavy atom. The predicted molar refractivity (Wildman–Crippen MR) is 75.4 cm³/mol. The van der Waals surface area contributed by atoms with Crippen LogP contribution < -0.4 is 5.32 Å². The number of aromatic amines is 1. The number of halogens is 1. The normalized spacial score (nSPS) is 10.6. The molecule has 3 aromatic rings. The number of hydrogen-bond acceptors (Lipinski definition) is 3. The molecular weight excluding hydrogens is 273 g/mol. The number of H-pyrrole nitrogens is 1. The second-order valence-corrected chi connectivity index (χ2v) is 4.56. The van der Waals surface area contributed by atoms with E-state index in [-0.39, 0.29) is 11.5 Å². The fraction of sp³-hybridized carbons (Fsp3) is 0.0667. The average Bonchev–Trinajstić information content (AvgIpc) is 3.12. The van der Waals surface area contributed by atoms with Crippen LogP contribution in [0, 0.1) is 12.7 Å². The first-order chi connectivity index (χ1) is 10.1. The molecule has 0 bridgehead atoms. The first-order valence-electron chi connectivity index (χ1n) is 6.30. The van der Waals surface area contributed by atoms with Crippen LogP contribution in [-0.4, -0.2) is 16.1 Å². The Balaban J connectivity index is 1.78. The van der Waals surface area contributed by atoms with Crippen molar-refractivity contribution in [3.8, 4) is 11.5 Å². The van der Waals surface area contributed by atoms with Gasteiger partial charge in [0.05, 0.1) is 6.26 Å². The van der Waals surface area contributed by atoms with Crippen LogP contribution in [0.1, 0.15) is 16.1 Å². The van der Waals surface area contributed by atoms with Gasteiger partial charge in [-0.2, -0.15) is 5.10 Å². The lowest BCUT2D eigenvalue weighted by molar-refractivity contribution is 0.102. The number of carbonyl (C=O) groups is 1. The zero-order valence-corrected chi connectivity index (χ0v) is 11.2. The van der Waals surface area contributed by atoms with Crippen molar-refractivity contribution in [2.75, 3.05) is 5.32 Å². The maximum atomic E-state index is 13.4. The number of furan rings is 1. The Morgan fingerprint density at radius 2 is 2.19 bits per heavy atom. The Hall–Kier alpha value is -2.89. The van der Waals surface area contributed by atoms with Crippen molar-refractivity contribution >= 4 is 11.6 Å². The lowest BCUT2D eigenvalue weighted by Crippen LogP contribution is -2.12. The number of aromatic nitrogens is 2. The number of carbonyl (C=O) groups excluding carboxylic acids is 1. The Bertz CT molecular complexity index is 778. The fourth-order valence-electron chi connectivity index (χ4n) is 1.86. The zero-order chi connectivity index (χ0) is 14.8. The van der Waals surface area contributed by atoms with Crippen LogP contribution in [-0.2, 0) is 0 Å². The molecule has 3 rings (SSSR count). The van der Waals surface area contributed by atoms with Crippen LogP contribution in [0.15, 0.2) is 47.1 Å². The molecule has 0 aliphatic carbocycles. The first kappa shape index (κ1) is 13.1. The number of nitrogens with one attached hydrogen (secondary N) is 2. The van der Waals surface area contributed by atoms with E-state index in [0.717, 1.165) is 0 Å². The quantitative estimate of drug-likeness (QED) is 0.775. The molecule has 0 unspecified atom stereocenters. The Labute approximate surface area is 119 Å². The van der Waals surface area contributed by atoms with E-state index in [1.807, 2.05) is 0 Å². The molecule has 2 aromatic heterocycles. The van der Waals surface area contributed by atoms with Gasteiger partial charge in [-0.05, 0) is 36.8 Å². The van der Waals surface area contributed by atoms with Gasteiger partial charge < -0.3 is 9.73 Å². The zero-order valence-electron chi connectivity index (χ0n) is 11.2. The van der Waals surface area contributed by atoms with E-state index in [4.69, 9.17) is 4.42 Å². The van der Waals surface area contributed by atoms with E-state index >= 15 is 0 Å². The molecule has 0 aliphatic rings. The molecule has 0 atom stereocenters. The molecule has 0 fully saturated rings. The van der Waals surface area contributed by atoms with Gasteiger partial charge in [-0.1, -0.05) is 6.07 Å². The number of nitrogens with zero attached hydrogens (tertiary/aromatic N) is 1. The number of hydrogen-bond donors (Lipinski definition) is 2. The van der Waals surface area contributed by atoms with Crippen LogP contribution in [0.3, 0.4) is 0 Å². The third kappa shape index (κ3) is 2.69. The van der Waals surface area contributed by atoms with Gasteiger partial charge in [0.2, 0.25) is 0 Å². The monoisotopic (exact) mass is 285 g/mol. The maximum Gasteiger partial charge on any atom is 0.276 e. The van der Waals surface area contributed by atoms with E-state index in [1.165, 1.54) is 12.3 Å². The number of anilines is 1. The van der Waals surface area contributed by atoms with Gasteiger partial charge in [0.1, 0.15) is 11.5 Å². The highest BCUT2D eigenvalue weighted by atomic mass is 19.1.